The first-order valence-corrected chi connectivity index (χ1v) is 11.1. The first-order chi connectivity index (χ1) is 15.9. The first-order valence-electron chi connectivity index (χ1n) is 11.1. The molecule has 2 heterocycles. The van der Waals surface area contributed by atoms with Gasteiger partial charge in [-0.3, -0.25) is 4.79 Å². The third kappa shape index (κ3) is 4.93. The minimum Gasteiger partial charge on any atom is -0.758 e. The minimum atomic E-state index is -0.864. The second kappa shape index (κ2) is 9.50. The molecule has 1 saturated heterocycles. The van der Waals surface area contributed by atoms with E-state index in [1.54, 1.807) is 11.1 Å². The van der Waals surface area contributed by atoms with Crippen LogP contribution in [-0.4, -0.2) is 35.1 Å². The Morgan fingerprint density at radius 2 is 1.91 bits per heavy atom. The van der Waals surface area contributed by atoms with Gasteiger partial charge < -0.3 is 25.6 Å². The number of nitrogens with two attached hydrogens (primary N) is 1. The molecule has 0 aromatic heterocycles. The predicted molar refractivity (Wildman–Crippen MR) is 126 cm³/mol. The lowest BCUT2D eigenvalue weighted by molar-refractivity contribution is -0.121. The number of hydrogen-bond acceptors (Lipinski definition) is 5. The van der Waals surface area contributed by atoms with Crippen molar-refractivity contribution < 1.29 is 14.3 Å². The van der Waals surface area contributed by atoms with Gasteiger partial charge in [-0.2, -0.15) is 0 Å². The molecule has 2 N–H and O–H groups in total. The highest BCUT2D eigenvalue weighted by atomic mass is 16.6. The molecule has 0 aliphatic carbocycles. The molecule has 33 heavy (non-hydrogen) atoms. The summed E-state index contributed by atoms with van der Waals surface area (Å²) in [5.41, 5.74) is 8.17. The van der Waals surface area contributed by atoms with Crippen LogP contribution in [0.1, 0.15) is 48.9 Å². The molecule has 7 heteroatoms. The molecule has 2 atom stereocenters. The summed E-state index contributed by atoms with van der Waals surface area (Å²) in [6.45, 7) is 2.82. The van der Waals surface area contributed by atoms with E-state index in [0.717, 1.165) is 27.3 Å². The molecule has 2 amide bonds. The molecule has 1 fully saturated rings. The van der Waals surface area contributed by atoms with E-state index in [1.807, 2.05) is 73.7 Å². The van der Waals surface area contributed by atoms with Gasteiger partial charge in [-0.1, -0.05) is 66.7 Å². The molecule has 2 aromatic rings. The highest BCUT2D eigenvalue weighted by Crippen LogP contribution is 2.40. The monoisotopic (exact) mass is 446 g/mol. The van der Waals surface area contributed by atoms with Crippen LogP contribution in [-0.2, 0) is 15.1 Å². The van der Waals surface area contributed by atoms with E-state index in [1.165, 1.54) is 0 Å². The number of carbonyl (C=O) groups is 2. The second-order valence-electron chi connectivity index (χ2n) is 8.52. The van der Waals surface area contributed by atoms with Crippen molar-refractivity contribution in [1.29, 1.82) is 0 Å². The number of benzene rings is 2. The maximum atomic E-state index is 13.1. The third-order valence-corrected chi connectivity index (χ3v) is 6.41. The zero-order chi connectivity index (χ0) is 23.4. The normalized spacial score (nSPS) is 21.4. The molecule has 0 bridgehead atoms. The van der Waals surface area contributed by atoms with Gasteiger partial charge in [-0.25, -0.2) is 4.79 Å². The number of ether oxygens (including phenoxy) is 1. The van der Waals surface area contributed by atoms with E-state index in [0.29, 0.717) is 25.9 Å². The van der Waals surface area contributed by atoms with E-state index >= 15 is 0 Å². The van der Waals surface area contributed by atoms with Gasteiger partial charge in [-0.15, -0.1) is 0 Å². The number of primary amides is 1. The number of carbonyl (C=O) groups excluding carboxylic acids is 2. The predicted octanol–water partition coefficient (Wildman–Crippen LogP) is 4.46. The van der Waals surface area contributed by atoms with E-state index in [2.05, 4.69) is 0 Å². The summed E-state index contributed by atoms with van der Waals surface area (Å²) in [6.07, 6.45) is 6.00. The van der Waals surface area contributed by atoms with Crippen LogP contribution in [0.3, 0.4) is 0 Å². The Hall–Kier alpha value is -3.58. The smallest absolute Gasteiger partial charge is 0.411 e. The van der Waals surface area contributed by atoms with Crippen LogP contribution in [0.15, 0.2) is 72.9 Å². The zero-order valence-corrected chi connectivity index (χ0v) is 18.6. The van der Waals surface area contributed by atoms with E-state index < -0.39 is 17.6 Å². The van der Waals surface area contributed by atoms with E-state index in [-0.39, 0.29) is 12.5 Å². The van der Waals surface area contributed by atoms with Crippen LogP contribution < -0.4 is 5.73 Å². The van der Waals surface area contributed by atoms with Crippen LogP contribution in [0.5, 0.6) is 0 Å². The van der Waals surface area contributed by atoms with Crippen molar-refractivity contribution in [2.45, 2.75) is 37.8 Å². The summed E-state index contributed by atoms with van der Waals surface area (Å²) in [4.78, 5) is 26.3. The Balaban J connectivity index is 1.50. The molecule has 0 saturated carbocycles. The van der Waals surface area contributed by atoms with Crippen molar-refractivity contribution in [2.75, 3.05) is 13.1 Å². The zero-order valence-electron chi connectivity index (χ0n) is 18.6. The fraction of sp³-hybridized carbons (Fsp3) is 0.308. The fourth-order valence-electron chi connectivity index (χ4n) is 4.45. The summed E-state index contributed by atoms with van der Waals surface area (Å²) in [5.74, 6) is -0.416. The van der Waals surface area contributed by atoms with Gasteiger partial charge in [0.2, 0.25) is 5.91 Å². The number of hydroxylamine groups is 2. The Morgan fingerprint density at radius 1 is 1.18 bits per heavy atom. The average Bonchev–Trinajstić information content (AvgIpc) is 2.83. The van der Waals surface area contributed by atoms with Gasteiger partial charge >= 0.3 is 6.09 Å². The number of hydrogen-bond donors (Lipinski definition) is 1. The maximum Gasteiger partial charge on any atom is 0.411 e. The number of amides is 2. The van der Waals surface area contributed by atoms with Gasteiger partial charge in [0.05, 0.1) is 6.04 Å². The van der Waals surface area contributed by atoms with Crippen LogP contribution in [0, 0.1) is 5.21 Å². The highest BCUT2D eigenvalue weighted by molar-refractivity contribution is 5.75. The second-order valence-corrected chi connectivity index (χ2v) is 8.52. The minimum absolute atomic E-state index is 0.143. The lowest BCUT2D eigenvalue weighted by Gasteiger charge is -2.43. The van der Waals surface area contributed by atoms with Gasteiger partial charge in [0.1, 0.15) is 5.60 Å². The fourth-order valence-corrected chi connectivity index (χ4v) is 4.45. The molecule has 172 valence electrons. The molecule has 0 unspecified atom stereocenters. The maximum absolute atomic E-state index is 13.1. The van der Waals surface area contributed by atoms with Gasteiger partial charge in [0.15, 0.2) is 0 Å². The molecule has 2 aliphatic rings. The number of allylic oxidation sites excluding steroid dienone is 2. The molecule has 2 aromatic carbocycles. The number of nitrogens with zero attached hydrogens (tertiary/aromatic N) is 2. The Labute approximate surface area is 193 Å². The topological polar surface area (TPSA) is 98.9 Å². The molecule has 4 rings (SSSR count). The van der Waals surface area contributed by atoms with Crippen LogP contribution in [0.4, 0.5) is 4.79 Å². The van der Waals surface area contributed by atoms with E-state index in [9.17, 15) is 14.8 Å². The lowest BCUT2D eigenvalue weighted by atomic mass is 9.84. The number of cyclic esters (lactones) is 1. The molecular weight excluding hydrogens is 418 g/mol. The summed E-state index contributed by atoms with van der Waals surface area (Å²) >= 11 is 0. The SMILES string of the molecule is C[C@@H](c1ccc(C2=CN([O-])CC=C2)cc1)N1CC[C@](CCC(N)=O)(c2ccccc2)OC1=O. The summed E-state index contributed by atoms with van der Waals surface area (Å²) in [6, 6.07) is 17.2. The first kappa shape index (κ1) is 22.6. The summed E-state index contributed by atoms with van der Waals surface area (Å²) in [7, 11) is 0. The third-order valence-electron chi connectivity index (χ3n) is 6.41. The molecular formula is C26H28N3O4-. The Morgan fingerprint density at radius 3 is 2.55 bits per heavy atom. The van der Waals surface area contributed by atoms with Gasteiger partial charge in [0, 0.05) is 32.4 Å². The Kier molecular flexibility index (Phi) is 6.51. The van der Waals surface area contributed by atoms with Crippen molar-refractivity contribution in [3.05, 3.63) is 94.8 Å². The lowest BCUT2D eigenvalue weighted by Crippen LogP contribution is -2.49. The molecule has 0 radical (unpaired) electrons. The average molecular weight is 447 g/mol. The number of rotatable bonds is 7. The van der Waals surface area contributed by atoms with Crippen LogP contribution >= 0.6 is 0 Å². The molecule has 7 nitrogen and oxygen atoms in total. The van der Waals surface area contributed by atoms with Crippen LogP contribution in [0.25, 0.3) is 5.57 Å². The van der Waals surface area contributed by atoms with Crippen molar-refractivity contribution in [2.24, 2.45) is 5.73 Å². The van der Waals surface area contributed by atoms with Crippen LogP contribution in [0.2, 0.25) is 0 Å². The molecule has 2 aliphatic heterocycles. The van der Waals surface area contributed by atoms with Crippen molar-refractivity contribution in [1.82, 2.24) is 9.96 Å². The van der Waals surface area contributed by atoms with Crippen molar-refractivity contribution in [3.8, 4) is 0 Å². The highest BCUT2D eigenvalue weighted by Gasteiger charge is 2.43. The van der Waals surface area contributed by atoms with Gasteiger partial charge in [0.25, 0.3) is 0 Å². The summed E-state index contributed by atoms with van der Waals surface area (Å²) in [5, 5.41) is 12.5. The summed E-state index contributed by atoms with van der Waals surface area (Å²) < 4.78 is 6.02. The standard InChI is InChI=1S/C26H28N3O4/c1-19(20-9-11-21(12-10-20)22-6-5-16-28(32)18-22)29-17-15-26(33-25(29)31,14-13-24(27)30)23-7-3-2-4-8-23/h2-12,18-19H,13-17H2,1H3,(H2,27,30)/q-1/t19-,26+/m0/s1. The molecule has 0 spiro atoms. The quantitative estimate of drug-likeness (QED) is 0.677. The Bertz CT molecular complexity index is 1060. The van der Waals surface area contributed by atoms with E-state index in [4.69, 9.17) is 10.5 Å². The van der Waals surface area contributed by atoms with Gasteiger partial charge in [-0.05, 0) is 35.4 Å². The van der Waals surface area contributed by atoms with Crippen molar-refractivity contribution >= 4 is 17.6 Å². The largest absolute Gasteiger partial charge is 0.758 e. The van der Waals surface area contributed by atoms with Crippen molar-refractivity contribution in [3.63, 3.8) is 0 Å².